The van der Waals surface area contributed by atoms with Crippen LogP contribution >= 0.6 is 0 Å². The Morgan fingerprint density at radius 3 is 2.72 bits per heavy atom. The number of para-hydroxylation sites is 1. The molecule has 18 heavy (non-hydrogen) atoms. The highest BCUT2D eigenvalue weighted by Crippen LogP contribution is 2.46. The molecule has 2 nitrogen and oxygen atoms in total. The first-order chi connectivity index (χ1) is 8.58. The SMILES string of the molecule is CCOc1ccccc1C1(O)CC(C)CCC1C. The Labute approximate surface area is 110 Å². The van der Waals surface area contributed by atoms with Crippen LogP contribution in [0.25, 0.3) is 0 Å². The zero-order valence-electron chi connectivity index (χ0n) is 11.6. The van der Waals surface area contributed by atoms with E-state index in [0.29, 0.717) is 12.5 Å². The van der Waals surface area contributed by atoms with Crippen molar-refractivity contribution in [2.24, 2.45) is 11.8 Å². The number of rotatable bonds is 3. The van der Waals surface area contributed by atoms with Gasteiger partial charge in [0.05, 0.1) is 12.2 Å². The molecule has 1 saturated carbocycles. The smallest absolute Gasteiger partial charge is 0.125 e. The molecule has 1 aromatic carbocycles. The summed E-state index contributed by atoms with van der Waals surface area (Å²) < 4.78 is 5.68. The lowest BCUT2D eigenvalue weighted by Gasteiger charge is -2.42. The minimum Gasteiger partial charge on any atom is -0.493 e. The molecular weight excluding hydrogens is 224 g/mol. The molecule has 0 spiro atoms. The van der Waals surface area contributed by atoms with E-state index in [1.165, 1.54) is 6.42 Å². The average molecular weight is 248 g/mol. The van der Waals surface area contributed by atoms with Crippen LogP contribution in [0.15, 0.2) is 24.3 Å². The van der Waals surface area contributed by atoms with Crippen LogP contribution in [0, 0.1) is 11.8 Å². The molecule has 100 valence electrons. The van der Waals surface area contributed by atoms with Crippen LogP contribution in [-0.4, -0.2) is 11.7 Å². The van der Waals surface area contributed by atoms with Crippen molar-refractivity contribution in [2.45, 2.75) is 45.6 Å². The summed E-state index contributed by atoms with van der Waals surface area (Å²) in [5.74, 6) is 1.69. The third-order valence-electron chi connectivity index (χ3n) is 4.22. The summed E-state index contributed by atoms with van der Waals surface area (Å²) in [5.41, 5.74) is 0.231. The normalized spacial score (nSPS) is 32.2. The van der Waals surface area contributed by atoms with Crippen LogP contribution in [0.4, 0.5) is 0 Å². The topological polar surface area (TPSA) is 29.5 Å². The van der Waals surface area contributed by atoms with E-state index in [1.54, 1.807) is 0 Å². The quantitative estimate of drug-likeness (QED) is 0.883. The first kappa shape index (κ1) is 13.4. The highest BCUT2D eigenvalue weighted by Gasteiger charge is 2.41. The Hall–Kier alpha value is -1.02. The van der Waals surface area contributed by atoms with Gasteiger partial charge < -0.3 is 9.84 Å². The van der Waals surface area contributed by atoms with E-state index in [4.69, 9.17) is 4.74 Å². The number of hydrogen-bond acceptors (Lipinski definition) is 2. The zero-order chi connectivity index (χ0) is 13.2. The standard InChI is InChI=1S/C16H24O2/c1-4-18-15-8-6-5-7-14(15)16(17)11-12(2)9-10-13(16)3/h5-8,12-13,17H,4,9-11H2,1-3H3. The fraction of sp³-hybridized carbons (Fsp3) is 0.625. The van der Waals surface area contributed by atoms with Gasteiger partial charge >= 0.3 is 0 Å². The van der Waals surface area contributed by atoms with Crippen molar-refractivity contribution in [3.63, 3.8) is 0 Å². The summed E-state index contributed by atoms with van der Waals surface area (Å²) in [6, 6.07) is 7.93. The molecule has 1 aliphatic carbocycles. The predicted molar refractivity (Wildman–Crippen MR) is 73.7 cm³/mol. The Kier molecular flexibility index (Phi) is 3.96. The first-order valence-corrected chi connectivity index (χ1v) is 7.02. The minimum absolute atomic E-state index is 0.287. The van der Waals surface area contributed by atoms with Gasteiger partial charge in [0.15, 0.2) is 0 Å². The van der Waals surface area contributed by atoms with Crippen LogP contribution in [-0.2, 0) is 5.60 Å². The lowest BCUT2D eigenvalue weighted by atomic mass is 9.68. The van der Waals surface area contributed by atoms with Gasteiger partial charge in [-0.25, -0.2) is 0 Å². The Morgan fingerprint density at radius 2 is 2.00 bits per heavy atom. The van der Waals surface area contributed by atoms with Gasteiger partial charge in [0.25, 0.3) is 0 Å². The molecule has 0 amide bonds. The Bertz CT molecular complexity index is 402. The second kappa shape index (κ2) is 5.31. The molecule has 1 aliphatic rings. The molecule has 3 atom stereocenters. The van der Waals surface area contributed by atoms with E-state index in [2.05, 4.69) is 13.8 Å². The maximum Gasteiger partial charge on any atom is 0.125 e. The summed E-state index contributed by atoms with van der Waals surface area (Å²) in [6.07, 6.45) is 3.12. The molecule has 1 aromatic rings. The van der Waals surface area contributed by atoms with E-state index < -0.39 is 5.60 Å². The van der Waals surface area contributed by atoms with Crippen molar-refractivity contribution in [1.82, 2.24) is 0 Å². The predicted octanol–water partition coefficient (Wildman–Crippen LogP) is 3.73. The van der Waals surface area contributed by atoms with Crippen LogP contribution in [0.1, 0.15) is 45.6 Å². The lowest BCUT2D eigenvalue weighted by Crippen LogP contribution is -2.39. The van der Waals surface area contributed by atoms with Gasteiger partial charge in [-0.2, -0.15) is 0 Å². The van der Waals surface area contributed by atoms with Gasteiger partial charge in [0.1, 0.15) is 5.75 Å². The van der Waals surface area contributed by atoms with Crippen LogP contribution in [0.2, 0.25) is 0 Å². The van der Waals surface area contributed by atoms with Gasteiger partial charge in [-0.3, -0.25) is 0 Å². The van der Waals surface area contributed by atoms with Gasteiger partial charge in [-0.05, 0) is 37.7 Å². The monoisotopic (exact) mass is 248 g/mol. The molecule has 0 radical (unpaired) electrons. The molecule has 3 unspecified atom stereocenters. The third-order valence-corrected chi connectivity index (χ3v) is 4.22. The molecule has 0 bridgehead atoms. The number of hydrogen-bond donors (Lipinski definition) is 1. The van der Waals surface area contributed by atoms with Crippen molar-refractivity contribution in [1.29, 1.82) is 0 Å². The molecule has 0 aromatic heterocycles. The van der Waals surface area contributed by atoms with Gasteiger partial charge in [0.2, 0.25) is 0 Å². The molecule has 2 rings (SSSR count). The number of benzene rings is 1. The summed E-state index contributed by atoms with van der Waals surface area (Å²) in [6.45, 7) is 6.99. The summed E-state index contributed by atoms with van der Waals surface area (Å²) in [4.78, 5) is 0. The largest absolute Gasteiger partial charge is 0.493 e. The Balaban J connectivity index is 2.38. The zero-order valence-corrected chi connectivity index (χ0v) is 11.6. The fourth-order valence-electron chi connectivity index (χ4n) is 3.09. The average Bonchev–Trinajstić information content (AvgIpc) is 2.35. The van der Waals surface area contributed by atoms with E-state index in [-0.39, 0.29) is 5.92 Å². The second-order valence-corrected chi connectivity index (χ2v) is 5.64. The number of ether oxygens (including phenoxy) is 1. The van der Waals surface area contributed by atoms with Crippen LogP contribution in [0.5, 0.6) is 5.75 Å². The summed E-state index contributed by atoms with van der Waals surface area (Å²) in [5, 5.41) is 11.1. The first-order valence-electron chi connectivity index (χ1n) is 7.02. The molecule has 1 N–H and O–H groups in total. The molecular formula is C16H24O2. The molecule has 0 aliphatic heterocycles. The van der Waals surface area contributed by atoms with E-state index >= 15 is 0 Å². The van der Waals surface area contributed by atoms with Crippen LogP contribution in [0.3, 0.4) is 0 Å². The molecule has 1 fully saturated rings. The van der Waals surface area contributed by atoms with Crippen molar-refractivity contribution in [3.05, 3.63) is 29.8 Å². The van der Waals surface area contributed by atoms with Crippen molar-refractivity contribution >= 4 is 0 Å². The van der Waals surface area contributed by atoms with Gasteiger partial charge in [-0.15, -0.1) is 0 Å². The Morgan fingerprint density at radius 1 is 1.28 bits per heavy atom. The van der Waals surface area contributed by atoms with E-state index in [9.17, 15) is 5.11 Å². The van der Waals surface area contributed by atoms with Crippen molar-refractivity contribution in [2.75, 3.05) is 6.61 Å². The van der Waals surface area contributed by atoms with Crippen molar-refractivity contribution < 1.29 is 9.84 Å². The lowest BCUT2D eigenvalue weighted by molar-refractivity contribution is -0.0643. The highest BCUT2D eigenvalue weighted by atomic mass is 16.5. The molecule has 0 saturated heterocycles. The minimum atomic E-state index is -0.733. The van der Waals surface area contributed by atoms with E-state index in [1.807, 2.05) is 31.2 Å². The number of aliphatic hydroxyl groups is 1. The fourth-order valence-corrected chi connectivity index (χ4v) is 3.09. The maximum absolute atomic E-state index is 11.1. The van der Waals surface area contributed by atoms with Crippen molar-refractivity contribution in [3.8, 4) is 5.75 Å². The second-order valence-electron chi connectivity index (χ2n) is 5.64. The maximum atomic E-state index is 11.1. The van der Waals surface area contributed by atoms with E-state index in [0.717, 1.165) is 24.2 Å². The highest BCUT2D eigenvalue weighted by molar-refractivity contribution is 5.38. The molecule has 0 heterocycles. The van der Waals surface area contributed by atoms with Gasteiger partial charge in [-0.1, -0.05) is 38.5 Å². The van der Waals surface area contributed by atoms with Crippen LogP contribution < -0.4 is 4.74 Å². The molecule has 2 heteroatoms. The van der Waals surface area contributed by atoms with Gasteiger partial charge in [0, 0.05) is 5.56 Å². The summed E-state index contributed by atoms with van der Waals surface area (Å²) >= 11 is 0. The third kappa shape index (κ3) is 2.39. The summed E-state index contributed by atoms with van der Waals surface area (Å²) in [7, 11) is 0.